The SMILES string of the molecule is O=C(O)CCCCCCCCCCN1C(=O)/C(=C\c2c(N3CCN(Cc4ccc5c(c4)OCO5)CC3)nc3ccccn3c2=O)SC1=S. The minimum Gasteiger partial charge on any atom is -0.481 e. The summed E-state index contributed by atoms with van der Waals surface area (Å²) in [5.74, 6) is 1.24. The van der Waals surface area contributed by atoms with Gasteiger partial charge in [0.1, 0.15) is 15.8 Å². The molecule has 3 aliphatic rings. The number of unbranched alkanes of at least 4 members (excludes halogenated alkanes) is 7. The topological polar surface area (TPSA) is 117 Å². The van der Waals surface area contributed by atoms with E-state index in [2.05, 4.69) is 15.9 Å². The number of hydrogen-bond acceptors (Lipinski definition) is 10. The predicted octanol–water partition coefficient (Wildman–Crippen LogP) is 5.54. The van der Waals surface area contributed by atoms with Crippen LogP contribution in [0.4, 0.5) is 5.82 Å². The van der Waals surface area contributed by atoms with Crippen LogP contribution in [0, 0.1) is 0 Å². The average Bonchev–Trinajstić information content (AvgIpc) is 3.66. The fraction of sp³-hybridized carbons (Fsp3) is 0.457. The van der Waals surface area contributed by atoms with Crippen molar-refractivity contribution < 1.29 is 24.2 Å². The van der Waals surface area contributed by atoms with Crippen LogP contribution in [0.25, 0.3) is 11.7 Å². The molecule has 0 aliphatic carbocycles. The number of nitrogens with zero attached hydrogens (tertiary/aromatic N) is 5. The molecule has 6 rings (SSSR count). The van der Waals surface area contributed by atoms with Gasteiger partial charge < -0.3 is 19.5 Å². The van der Waals surface area contributed by atoms with Crippen molar-refractivity contribution in [3.63, 3.8) is 0 Å². The quantitative estimate of drug-likeness (QED) is 0.123. The fourth-order valence-electron chi connectivity index (χ4n) is 6.30. The molecule has 5 heterocycles. The van der Waals surface area contributed by atoms with Crippen molar-refractivity contribution in [2.45, 2.75) is 64.3 Å². The second-order valence-corrected chi connectivity index (χ2v) is 14.0. The molecule has 0 atom stereocenters. The Morgan fingerprint density at radius 2 is 1.67 bits per heavy atom. The van der Waals surface area contributed by atoms with Gasteiger partial charge in [0, 0.05) is 51.9 Å². The predicted molar refractivity (Wildman–Crippen MR) is 191 cm³/mol. The first-order chi connectivity index (χ1) is 23.4. The van der Waals surface area contributed by atoms with Crippen LogP contribution in [0.1, 0.15) is 68.9 Å². The second-order valence-electron chi connectivity index (χ2n) is 12.3. The van der Waals surface area contributed by atoms with Crippen LogP contribution in [0.15, 0.2) is 52.3 Å². The number of thioether (sulfide) groups is 1. The van der Waals surface area contributed by atoms with Crippen molar-refractivity contribution in [3.05, 3.63) is 69.0 Å². The number of anilines is 1. The lowest BCUT2D eigenvalue weighted by Crippen LogP contribution is -2.47. The molecule has 1 aromatic carbocycles. The number of fused-ring (bicyclic) bond motifs is 2. The molecular weight excluding hydrogens is 651 g/mol. The van der Waals surface area contributed by atoms with Gasteiger partial charge in [0.15, 0.2) is 11.5 Å². The minimum atomic E-state index is -0.730. The largest absolute Gasteiger partial charge is 0.481 e. The summed E-state index contributed by atoms with van der Waals surface area (Å²) >= 11 is 6.85. The minimum absolute atomic E-state index is 0.166. The van der Waals surface area contributed by atoms with Crippen molar-refractivity contribution >= 4 is 57.7 Å². The van der Waals surface area contributed by atoms with Crippen LogP contribution in [0.5, 0.6) is 11.5 Å². The Hall–Kier alpha value is -3.94. The monoisotopic (exact) mass is 691 g/mol. The first-order valence-electron chi connectivity index (χ1n) is 16.7. The molecule has 254 valence electrons. The van der Waals surface area contributed by atoms with Crippen molar-refractivity contribution in [3.8, 4) is 11.5 Å². The van der Waals surface area contributed by atoms with Crippen molar-refractivity contribution in [2.75, 3.05) is 44.4 Å². The summed E-state index contributed by atoms with van der Waals surface area (Å²) in [6, 6.07) is 11.5. The zero-order valence-corrected chi connectivity index (χ0v) is 28.6. The number of carbonyl (C=O) groups is 2. The summed E-state index contributed by atoms with van der Waals surface area (Å²) in [4.78, 5) is 49.5. The molecule has 13 heteroatoms. The molecule has 3 aliphatic heterocycles. The summed E-state index contributed by atoms with van der Waals surface area (Å²) in [6.45, 7) is 4.53. The number of aromatic nitrogens is 2. The highest BCUT2D eigenvalue weighted by Gasteiger charge is 2.33. The molecule has 2 saturated heterocycles. The lowest BCUT2D eigenvalue weighted by atomic mass is 10.1. The second kappa shape index (κ2) is 16.0. The highest BCUT2D eigenvalue weighted by atomic mass is 32.2. The van der Waals surface area contributed by atoms with E-state index in [9.17, 15) is 14.4 Å². The number of ether oxygens (including phenoxy) is 2. The van der Waals surface area contributed by atoms with E-state index < -0.39 is 5.97 Å². The molecule has 1 N–H and O–H groups in total. The number of pyridine rings is 1. The van der Waals surface area contributed by atoms with Gasteiger partial charge in [-0.05, 0) is 48.7 Å². The Morgan fingerprint density at radius 3 is 2.44 bits per heavy atom. The number of rotatable bonds is 15. The molecule has 48 heavy (non-hydrogen) atoms. The molecule has 0 bridgehead atoms. The van der Waals surface area contributed by atoms with E-state index in [4.69, 9.17) is 31.8 Å². The molecule has 0 saturated carbocycles. The molecule has 0 unspecified atom stereocenters. The number of amides is 1. The van der Waals surface area contributed by atoms with Gasteiger partial charge in [0.25, 0.3) is 11.5 Å². The maximum atomic E-state index is 13.9. The third kappa shape index (κ3) is 8.19. The van der Waals surface area contributed by atoms with Gasteiger partial charge in [-0.15, -0.1) is 0 Å². The van der Waals surface area contributed by atoms with Gasteiger partial charge in [-0.1, -0.05) is 74.6 Å². The number of benzene rings is 1. The lowest BCUT2D eigenvalue weighted by Gasteiger charge is -2.36. The smallest absolute Gasteiger partial charge is 0.303 e. The maximum absolute atomic E-state index is 13.9. The summed E-state index contributed by atoms with van der Waals surface area (Å²) in [6.07, 6.45) is 11.5. The van der Waals surface area contributed by atoms with Crippen LogP contribution in [-0.4, -0.2) is 80.0 Å². The molecule has 11 nitrogen and oxygen atoms in total. The van der Waals surface area contributed by atoms with Crippen molar-refractivity contribution in [2.24, 2.45) is 0 Å². The molecule has 0 radical (unpaired) electrons. The summed E-state index contributed by atoms with van der Waals surface area (Å²) in [5.41, 5.74) is 1.89. The average molecular weight is 692 g/mol. The first-order valence-corrected chi connectivity index (χ1v) is 17.9. The molecular formula is C35H41N5O6S2. The molecule has 1 amide bonds. The number of carboxylic acid groups (broad SMARTS) is 1. The number of carboxylic acids is 1. The van der Waals surface area contributed by atoms with Crippen LogP contribution >= 0.6 is 24.0 Å². The summed E-state index contributed by atoms with van der Waals surface area (Å²) in [7, 11) is 0. The Labute approximate surface area is 289 Å². The number of carbonyl (C=O) groups excluding carboxylic acids is 1. The summed E-state index contributed by atoms with van der Waals surface area (Å²) < 4.78 is 13.0. The van der Waals surface area contributed by atoms with E-state index in [1.165, 1.54) is 16.2 Å². The normalized spacial score (nSPS) is 17.3. The van der Waals surface area contributed by atoms with E-state index in [-0.39, 0.29) is 24.7 Å². The highest BCUT2D eigenvalue weighted by molar-refractivity contribution is 8.26. The first kappa shape index (κ1) is 33.9. The van der Waals surface area contributed by atoms with E-state index in [0.29, 0.717) is 45.9 Å². The number of piperazine rings is 1. The van der Waals surface area contributed by atoms with E-state index in [1.807, 2.05) is 24.3 Å². The summed E-state index contributed by atoms with van der Waals surface area (Å²) in [5, 5.41) is 8.74. The Bertz CT molecular complexity index is 1750. The van der Waals surface area contributed by atoms with E-state index in [1.54, 1.807) is 23.2 Å². The Morgan fingerprint density at radius 1 is 0.938 bits per heavy atom. The van der Waals surface area contributed by atoms with Gasteiger partial charge in [0.2, 0.25) is 6.79 Å². The lowest BCUT2D eigenvalue weighted by molar-refractivity contribution is -0.137. The number of thiocarbonyl (C=S) groups is 1. The van der Waals surface area contributed by atoms with Gasteiger partial charge in [-0.3, -0.25) is 28.6 Å². The van der Waals surface area contributed by atoms with Gasteiger partial charge >= 0.3 is 5.97 Å². The Balaban J connectivity index is 1.08. The van der Waals surface area contributed by atoms with Crippen LogP contribution in [0.2, 0.25) is 0 Å². The molecule has 0 spiro atoms. The van der Waals surface area contributed by atoms with Gasteiger partial charge in [0.05, 0.1) is 10.5 Å². The van der Waals surface area contributed by atoms with Crippen molar-refractivity contribution in [1.82, 2.24) is 19.2 Å². The number of hydrogen-bond donors (Lipinski definition) is 1. The van der Waals surface area contributed by atoms with E-state index >= 15 is 0 Å². The van der Waals surface area contributed by atoms with Gasteiger partial charge in [-0.25, -0.2) is 4.98 Å². The molecule has 3 aromatic rings. The third-order valence-electron chi connectivity index (χ3n) is 8.94. The maximum Gasteiger partial charge on any atom is 0.303 e. The zero-order valence-electron chi connectivity index (χ0n) is 27.0. The number of aliphatic carboxylic acids is 1. The zero-order chi connectivity index (χ0) is 33.5. The Kier molecular flexibility index (Phi) is 11.3. The standard InChI is InChI=1S/C35H41N5O6S2/c41-31(42)12-7-5-3-1-2-4-6-9-16-40-34(44)29(48-35(40)47)22-26-32(36-30-11-8-10-15-39(30)33(26)43)38-19-17-37(18-20-38)23-25-13-14-27-28(21-25)46-24-45-27/h8,10-11,13-15,21-22H,1-7,9,12,16-20,23-24H2,(H,41,42)/b29-22+. The van der Waals surface area contributed by atoms with E-state index in [0.717, 1.165) is 88.1 Å². The van der Waals surface area contributed by atoms with Crippen LogP contribution < -0.4 is 19.9 Å². The third-order valence-corrected chi connectivity index (χ3v) is 10.3. The highest BCUT2D eigenvalue weighted by Crippen LogP contribution is 2.35. The molecule has 2 fully saturated rings. The van der Waals surface area contributed by atoms with Crippen LogP contribution in [-0.2, 0) is 16.1 Å². The van der Waals surface area contributed by atoms with Crippen molar-refractivity contribution in [1.29, 1.82) is 0 Å². The fourth-order valence-corrected chi connectivity index (χ4v) is 7.59. The van der Waals surface area contributed by atoms with Gasteiger partial charge in [-0.2, -0.15) is 0 Å². The molecule has 2 aromatic heterocycles. The van der Waals surface area contributed by atoms with Crippen LogP contribution in [0.3, 0.4) is 0 Å².